The maximum absolute atomic E-state index is 13.1. The zero-order valence-corrected chi connectivity index (χ0v) is 16.8. The molecule has 0 spiro atoms. The maximum Gasteiger partial charge on any atom is 0.256 e. The summed E-state index contributed by atoms with van der Waals surface area (Å²) in [6, 6.07) is 21.9. The number of pyridine rings is 1. The van der Waals surface area contributed by atoms with Crippen molar-refractivity contribution in [3.05, 3.63) is 82.7 Å². The van der Waals surface area contributed by atoms with E-state index in [1.54, 1.807) is 11.3 Å². The van der Waals surface area contributed by atoms with Gasteiger partial charge in [0, 0.05) is 16.0 Å². The van der Waals surface area contributed by atoms with Crippen LogP contribution in [0.3, 0.4) is 0 Å². The molecule has 0 saturated carbocycles. The monoisotopic (exact) mass is 386 g/mol. The predicted molar refractivity (Wildman–Crippen MR) is 118 cm³/mol. The number of para-hydroxylation sites is 1. The number of carbonyl (C=O) groups excluding carboxylic acids is 1. The molecule has 140 valence electrons. The molecule has 28 heavy (non-hydrogen) atoms. The lowest BCUT2D eigenvalue weighted by molar-refractivity contribution is 0.102. The van der Waals surface area contributed by atoms with Crippen LogP contribution < -0.4 is 5.32 Å². The second kappa shape index (κ2) is 7.95. The van der Waals surface area contributed by atoms with Gasteiger partial charge in [-0.05, 0) is 54.8 Å². The molecule has 2 aromatic heterocycles. The van der Waals surface area contributed by atoms with Crippen LogP contribution in [0.4, 0.5) is 5.69 Å². The zero-order valence-electron chi connectivity index (χ0n) is 16.0. The van der Waals surface area contributed by atoms with E-state index in [-0.39, 0.29) is 5.91 Å². The van der Waals surface area contributed by atoms with Crippen molar-refractivity contribution in [1.29, 1.82) is 0 Å². The highest BCUT2D eigenvalue weighted by molar-refractivity contribution is 7.15. The largest absolute Gasteiger partial charge is 0.322 e. The fraction of sp³-hybridized carbons (Fsp3) is 0.167. The molecule has 0 aliphatic rings. The Kier molecular flexibility index (Phi) is 5.22. The van der Waals surface area contributed by atoms with Gasteiger partial charge < -0.3 is 5.32 Å². The summed E-state index contributed by atoms with van der Waals surface area (Å²) in [4.78, 5) is 20.3. The quantitative estimate of drug-likeness (QED) is 0.435. The van der Waals surface area contributed by atoms with E-state index < -0.39 is 0 Å². The van der Waals surface area contributed by atoms with Crippen LogP contribution in [-0.4, -0.2) is 10.9 Å². The van der Waals surface area contributed by atoms with Gasteiger partial charge in [0.2, 0.25) is 0 Å². The lowest BCUT2D eigenvalue weighted by atomic mass is 10.1. The van der Waals surface area contributed by atoms with Gasteiger partial charge in [-0.15, -0.1) is 11.3 Å². The van der Waals surface area contributed by atoms with E-state index in [0.29, 0.717) is 5.56 Å². The average molecular weight is 387 g/mol. The minimum atomic E-state index is -0.114. The van der Waals surface area contributed by atoms with Crippen LogP contribution in [0.15, 0.2) is 66.7 Å². The van der Waals surface area contributed by atoms with Crippen molar-refractivity contribution in [1.82, 2.24) is 4.98 Å². The maximum atomic E-state index is 13.1. The van der Waals surface area contributed by atoms with Gasteiger partial charge in [-0.3, -0.25) is 4.79 Å². The molecule has 2 heterocycles. The first-order chi connectivity index (χ1) is 13.7. The van der Waals surface area contributed by atoms with Crippen LogP contribution in [0.25, 0.3) is 21.5 Å². The first-order valence-electron chi connectivity index (χ1n) is 9.57. The van der Waals surface area contributed by atoms with Crippen molar-refractivity contribution in [3.8, 4) is 10.6 Å². The van der Waals surface area contributed by atoms with E-state index >= 15 is 0 Å². The third-order valence-corrected chi connectivity index (χ3v) is 6.10. The molecule has 0 aliphatic carbocycles. The molecule has 0 unspecified atom stereocenters. The Morgan fingerprint density at radius 3 is 2.46 bits per heavy atom. The van der Waals surface area contributed by atoms with Crippen LogP contribution in [-0.2, 0) is 12.8 Å². The molecule has 0 aliphatic heterocycles. The summed E-state index contributed by atoms with van der Waals surface area (Å²) in [7, 11) is 0. The van der Waals surface area contributed by atoms with Crippen molar-refractivity contribution in [2.45, 2.75) is 26.7 Å². The number of anilines is 1. The number of thiophene rings is 1. The van der Waals surface area contributed by atoms with Crippen LogP contribution >= 0.6 is 11.3 Å². The summed E-state index contributed by atoms with van der Waals surface area (Å²) >= 11 is 1.73. The fourth-order valence-corrected chi connectivity index (χ4v) is 4.13. The summed E-state index contributed by atoms with van der Waals surface area (Å²) in [6.07, 6.45) is 1.98. The second-order valence-corrected chi connectivity index (χ2v) is 7.86. The smallest absolute Gasteiger partial charge is 0.256 e. The highest BCUT2D eigenvalue weighted by Gasteiger charge is 2.15. The lowest BCUT2D eigenvalue weighted by Gasteiger charge is -2.10. The molecule has 3 nitrogen and oxygen atoms in total. The van der Waals surface area contributed by atoms with Crippen molar-refractivity contribution in [2.24, 2.45) is 0 Å². The first-order valence-corrected chi connectivity index (χ1v) is 10.4. The van der Waals surface area contributed by atoms with E-state index in [2.05, 4.69) is 31.3 Å². The number of nitrogens with zero attached hydrogens (tertiary/aromatic N) is 1. The standard InChI is InChI=1S/C24H22N2OS/c1-3-16-9-11-17(12-10-16)25-24(27)20-15-22(23-14-13-18(4-2)28-23)26-21-8-6-5-7-19(20)21/h5-15H,3-4H2,1-2H3,(H,25,27). The summed E-state index contributed by atoms with van der Waals surface area (Å²) in [6.45, 7) is 4.26. The highest BCUT2D eigenvalue weighted by Crippen LogP contribution is 2.30. The molecule has 1 amide bonds. The second-order valence-electron chi connectivity index (χ2n) is 6.70. The minimum absolute atomic E-state index is 0.114. The first kappa shape index (κ1) is 18.4. The van der Waals surface area contributed by atoms with Gasteiger partial charge in [0.15, 0.2) is 0 Å². The SMILES string of the molecule is CCc1ccc(NC(=O)c2cc(-c3ccc(CC)s3)nc3ccccc23)cc1. The highest BCUT2D eigenvalue weighted by atomic mass is 32.1. The number of nitrogens with one attached hydrogen (secondary N) is 1. The van der Waals surface area contributed by atoms with Gasteiger partial charge >= 0.3 is 0 Å². The molecular weight excluding hydrogens is 364 g/mol. The van der Waals surface area contributed by atoms with Gasteiger partial charge in [0.05, 0.1) is 21.7 Å². The van der Waals surface area contributed by atoms with Crippen LogP contribution in [0.1, 0.15) is 34.6 Å². The van der Waals surface area contributed by atoms with E-state index in [4.69, 9.17) is 4.98 Å². The number of fused-ring (bicyclic) bond motifs is 1. The van der Waals surface area contributed by atoms with E-state index in [0.717, 1.165) is 40.0 Å². The van der Waals surface area contributed by atoms with Crippen molar-refractivity contribution in [2.75, 3.05) is 5.32 Å². The molecule has 0 bridgehead atoms. The molecule has 4 rings (SSSR count). The van der Waals surface area contributed by atoms with Crippen LogP contribution in [0.5, 0.6) is 0 Å². The van der Waals surface area contributed by atoms with E-state index in [9.17, 15) is 4.79 Å². The third kappa shape index (κ3) is 3.69. The molecule has 0 fully saturated rings. The number of carbonyl (C=O) groups is 1. The lowest BCUT2D eigenvalue weighted by Crippen LogP contribution is -2.13. The van der Waals surface area contributed by atoms with Crippen LogP contribution in [0, 0.1) is 0 Å². The Balaban J connectivity index is 1.74. The van der Waals surface area contributed by atoms with Crippen LogP contribution in [0.2, 0.25) is 0 Å². The number of benzene rings is 2. The number of hydrogen-bond donors (Lipinski definition) is 1. The molecule has 0 radical (unpaired) electrons. The molecule has 4 heteroatoms. The average Bonchev–Trinajstić information content (AvgIpc) is 3.23. The summed E-state index contributed by atoms with van der Waals surface area (Å²) < 4.78 is 0. The van der Waals surface area contributed by atoms with Gasteiger partial charge in [-0.25, -0.2) is 4.98 Å². The Bertz CT molecular complexity index is 1130. The third-order valence-electron chi connectivity index (χ3n) is 4.84. The summed E-state index contributed by atoms with van der Waals surface area (Å²) in [5.74, 6) is -0.114. The van der Waals surface area contributed by atoms with Gasteiger partial charge in [0.25, 0.3) is 5.91 Å². The van der Waals surface area contributed by atoms with Gasteiger partial charge in [-0.2, -0.15) is 0 Å². The molecular formula is C24H22N2OS. The van der Waals surface area contributed by atoms with E-state index in [1.165, 1.54) is 10.4 Å². The molecule has 2 aromatic carbocycles. The molecule has 1 N–H and O–H groups in total. The van der Waals surface area contributed by atoms with Gasteiger partial charge in [-0.1, -0.05) is 44.2 Å². The fourth-order valence-electron chi connectivity index (χ4n) is 3.22. The summed E-state index contributed by atoms with van der Waals surface area (Å²) in [5.41, 5.74) is 4.37. The Morgan fingerprint density at radius 1 is 0.964 bits per heavy atom. The Hall–Kier alpha value is -2.98. The molecule has 0 atom stereocenters. The topological polar surface area (TPSA) is 42.0 Å². The minimum Gasteiger partial charge on any atom is -0.322 e. The number of rotatable bonds is 5. The molecule has 4 aromatic rings. The number of hydrogen-bond acceptors (Lipinski definition) is 3. The van der Waals surface area contributed by atoms with E-state index in [1.807, 2.05) is 54.6 Å². The number of amides is 1. The predicted octanol–water partition coefficient (Wildman–Crippen LogP) is 6.34. The summed E-state index contributed by atoms with van der Waals surface area (Å²) in [5, 5.41) is 3.90. The number of aryl methyl sites for hydroxylation is 2. The van der Waals surface area contributed by atoms with Crippen molar-refractivity contribution >= 4 is 33.8 Å². The van der Waals surface area contributed by atoms with Crippen molar-refractivity contribution in [3.63, 3.8) is 0 Å². The zero-order chi connectivity index (χ0) is 19.5. The Labute approximate surface area is 169 Å². The molecule has 0 saturated heterocycles. The number of aromatic nitrogens is 1. The van der Waals surface area contributed by atoms with Gasteiger partial charge in [0.1, 0.15) is 0 Å². The normalized spacial score (nSPS) is 10.9. The Morgan fingerprint density at radius 2 is 1.75 bits per heavy atom. The van der Waals surface area contributed by atoms with Crippen molar-refractivity contribution < 1.29 is 4.79 Å².